The number of benzene rings is 1. The monoisotopic (exact) mass is 470 g/mol. The van der Waals surface area contributed by atoms with Gasteiger partial charge in [-0.05, 0) is 30.9 Å². The highest BCUT2D eigenvalue weighted by atomic mass is 127. The summed E-state index contributed by atoms with van der Waals surface area (Å²) in [5.74, 6) is 0.790. The Bertz CT molecular complexity index is 697. The third kappa shape index (κ3) is 5.94. The van der Waals surface area contributed by atoms with Crippen LogP contribution in [0.4, 0.5) is 0 Å². The molecule has 1 aromatic heterocycles. The molecular formula is C18H27IN6O. The van der Waals surface area contributed by atoms with Gasteiger partial charge in [0, 0.05) is 26.7 Å². The lowest BCUT2D eigenvalue weighted by Gasteiger charge is -2.24. The molecule has 3 rings (SSSR count). The molecule has 0 radical (unpaired) electrons. The van der Waals surface area contributed by atoms with Crippen LogP contribution >= 0.6 is 24.0 Å². The molecule has 142 valence electrons. The number of ether oxygens (including phenoxy) is 1. The van der Waals surface area contributed by atoms with Gasteiger partial charge >= 0.3 is 0 Å². The quantitative estimate of drug-likeness (QED) is 0.385. The van der Waals surface area contributed by atoms with E-state index in [0.29, 0.717) is 6.54 Å². The summed E-state index contributed by atoms with van der Waals surface area (Å²) < 4.78 is 7.62. The number of nitrogens with one attached hydrogen (secondary N) is 2. The molecule has 2 aromatic rings. The Morgan fingerprint density at radius 2 is 2.19 bits per heavy atom. The number of hydrogen-bond acceptors (Lipinski definition) is 4. The van der Waals surface area contributed by atoms with Crippen molar-refractivity contribution in [1.82, 2.24) is 25.4 Å². The van der Waals surface area contributed by atoms with Crippen molar-refractivity contribution in [2.75, 3.05) is 20.2 Å². The van der Waals surface area contributed by atoms with Crippen LogP contribution in [0.5, 0.6) is 0 Å². The molecule has 7 nitrogen and oxygen atoms in total. The Balaban J connectivity index is 0.00000243. The van der Waals surface area contributed by atoms with E-state index in [9.17, 15) is 0 Å². The van der Waals surface area contributed by atoms with Crippen LogP contribution in [0.2, 0.25) is 0 Å². The highest BCUT2D eigenvalue weighted by molar-refractivity contribution is 14.0. The van der Waals surface area contributed by atoms with E-state index < -0.39 is 0 Å². The molecule has 2 N–H and O–H groups in total. The summed E-state index contributed by atoms with van der Waals surface area (Å²) in [6.45, 7) is 5.19. The first-order valence-electron chi connectivity index (χ1n) is 8.66. The van der Waals surface area contributed by atoms with Crippen molar-refractivity contribution in [3.8, 4) is 0 Å². The number of nitrogens with zero attached hydrogens (tertiary/aromatic N) is 4. The maximum Gasteiger partial charge on any atom is 0.191 e. The minimum atomic E-state index is -0.0880. The van der Waals surface area contributed by atoms with E-state index in [1.807, 2.05) is 4.68 Å². The normalized spacial score (nSPS) is 19.8. The molecule has 26 heavy (non-hydrogen) atoms. The minimum absolute atomic E-state index is 0. The average Bonchev–Trinajstić information content (AvgIpc) is 3.28. The molecule has 1 saturated heterocycles. The zero-order chi connectivity index (χ0) is 17.5. The van der Waals surface area contributed by atoms with Crippen LogP contribution in [0, 0.1) is 0 Å². The van der Waals surface area contributed by atoms with Gasteiger partial charge in [-0.15, -0.1) is 24.0 Å². The van der Waals surface area contributed by atoms with Crippen LogP contribution in [-0.2, 0) is 17.8 Å². The van der Waals surface area contributed by atoms with Gasteiger partial charge < -0.3 is 15.4 Å². The predicted octanol–water partition coefficient (Wildman–Crippen LogP) is 2.18. The molecule has 1 aromatic carbocycles. The van der Waals surface area contributed by atoms with E-state index in [-0.39, 0.29) is 29.6 Å². The van der Waals surface area contributed by atoms with Crippen molar-refractivity contribution in [2.24, 2.45) is 4.99 Å². The third-order valence-corrected chi connectivity index (χ3v) is 4.42. The van der Waals surface area contributed by atoms with Crippen LogP contribution < -0.4 is 10.6 Å². The lowest BCUT2D eigenvalue weighted by atomic mass is 10.0. The Morgan fingerprint density at radius 3 is 2.88 bits per heavy atom. The molecule has 1 aliphatic rings. The van der Waals surface area contributed by atoms with E-state index in [1.165, 1.54) is 11.1 Å². The molecule has 0 spiro atoms. The predicted molar refractivity (Wildman–Crippen MR) is 113 cm³/mol. The van der Waals surface area contributed by atoms with Crippen LogP contribution in [0.25, 0.3) is 0 Å². The smallest absolute Gasteiger partial charge is 0.191 e. The fourth-order valence-electron chi connectivity index (χ4n) is 2.99. The Hall–Kier alpha value is -1.68. The van der Waals surface area contributed by atoms with Crippen molar-refractivity contribution in [1.29, 1.82) is 0 Å². The third-order valence-electron chi connectivity index (χ3n) is 4.42. The van der Waals surface area contributed by atoms with Crippen LogP contribution in [0.3, 0.4) is 0 Å². The molecule has 1 fully saturated rings. The maximum absolute atomic E-state index is 5.81. The van der Waals surface area contributed by atoms with Crippen LogP contribution in [0.1, 0.15) is 30.9 Å². The standard InChI is InChI=1S/C18H26N6O.HI/c1-18(7-4-8-25-18)12-22-17(19-2)21-10-15-5-3-6-16(9-15)11-24-14-20-13-23-24;/h3,5-6,9,13-14H,4,7-8,10-12H2,1-2H3,(H2,19,21,22);1H. The van der Waals surface area contributed by atoms with Gasteiger partial charge in [-0.25, -0.2) is 9.67 Å². The molecule has 1 aliphatic heterocycles. The lowest BCUT2D eigenvalue weighted by Crippen LogP contribution is -2.45. The topological polar surface area (TPSA) is 76.4 Å². The summed E-state index contributed by atoms with van der Waals surface area (Å²) in [5.41, 5.74) is 2.30. The summed E-state index contributed by atoms with van der Waals surface area (Å²) in [6, 6.07) is 8.43. The zero-order valence-electron chi connectivity index (χ0n) is 15.3. The Morgan fingerprint density at radius 1 is 1.35 bits per heavy atom. The van der Waals surface area contributed by atoms with E-state index in [2.05, 4.69) is 56.9 Å². The number of hydrogen-bond donors (Lipinski definition) is 2. The van der Waals surface area contributed by atoms with Gasteiger partial charge in [0.1, 0.15) is 12.7 Å². The number of halogens is 1. The molecule has 0 saturated carbocycles. The van der Waals surface area contributed by atoms with Crippen LogP contribution in [0.15, 0.2) is 41.9 Å². The number of aromatic nitrogens is 3. The van der Waals surface area contributed by atoms with E-state index in [4.69, 9.17) is 4.74 Å². The zero-order valence-corrected chi connectivity index (χ0v) is 17.6. The highest BCUT2D eigenvalue weighted by Crippen LogP contribution is 2.23. The molecule has 0 aliphatic carbocycles. The second kappa shape index (κ2) is 9.86. The molecule has 8 heteroatoms. The van der Waals surface area contributed by atoms with Gasteiger partial charge in [0.25, 0.3) is 0 Å². The molecule has 0 amide bonds. The van der Waals surface area contributed by atoms with Gasteiger partial charge in [-0.1, -0.05) is 24.3 Å². The average molecular weight is 470 g/mol. The number of guanidine groups is 1. The Kier molecular flexibility index (Phi) is 7.83. The molecule has 1 atom stereocenters. The fraction of sp³-hybridized carbons (Fsp3) is 0.500. The fourth-order valence-corrected chi connectivity index (χ4v) is 2.99. The van der Waals surface area contributed by atoms with Crippen LogP contribution in [-0.4, -0.2) is 46.5 Å². The van der Waals surface area contributed by atoms with Crippen molar-refractivity contribution < 1.29 is 4.74 Å². The second-order valence-corrected chi connectivity index (χ2v) is 6.59. The summed E-state index contributed by atoms with van der Waals surface area (Å²) in [7, 11) is 1.79. The minimum Gasteiger partial charge on any atom is -0.373 e. The summed E-state index contributed by atoms with van der Waals surface area (Å²) >= 11 is 0. The van der Waals surface area contributed by atoms with E-state index in [0.717, 1.165) is 38.5 Å². The van der Waals surface area contributed by atoms with E-state index in [1.54, 1.807) is 19.7 Å². The van der Waals surface area contributed by atoms with Crippen molar-refractivity contribution in [2.45, 2.75) is 38.5 Å². The molecule has 1 unspecified atom stereocenters. The van der Waals surface area contributed by atoms with Crippen molar-refractivity contribution in [3.63, 3.8) is 0 Å². The largest absolute Gasteiger partial charge is 0.373 e. The first kappa shape index (κ1) is 20.6. The number of rotatable bonds is 6. The van der Waals surface area contributed by atoms with Crippen molar-refractivity contribution in [3.05, 3.63) is 48.0 Å². The van der Waals surface area contributed by atoms with Gasteiger partial charge in [0.15, 0.2) is 5.96 Å². The maximum atomic E-state index is 5.81. The van der Waals surface area contributed by atoms with Gasteiger partial charge in [-0.3, -0.25) is 4.99 Å². The SMILES string of the molecule is CN=C(NCc1cccc(Cn2cncn2)c1)NCC1(C)CCCO1.I. The first-order valence-corrected chi connectivity index (χ1v) is 8.66. The van der Waals surface area contributed by atoms with E-state index >= 15 is 0 Å². The lowest BCUT2D eigenvalue weighted by molar-refractivity contribution is 0.0243. The van der Waals surface area contributed by atoms with Gasteiger partial charge in [0.05, 0.1) is 12.1 Å². The summed E-state index contributed by atoms with van der Waals surface area (Å²) in [5, 5.41) is 10.9. The van der Waals surface area contributed by atoms with Crippen molar-refractivity contribution >= 4 is 29.9 Å². The highest BCUT2D eigenvalue weighted by Gasteiger charge is 2.29. The molecule has 0 bridgehead atoms. The van der Waals surface area contributed by atoms with Gasteiger partial charge in [-0.2, -0.15) is 5.10 Å². The Labute approximate surface area is 171 Å². The molecular weight excluding hydrogens is 443 g/mol. The molecule has 2 heterocycles. The number of aliphatic imine (C=N–C) groups is 1. The first-order chi connectivity index (χ1) is 12.2. The summed E-state index contributed by atoms with van der Waals surface area (Å²) in [6.07, 6.45) is 5.49. The summed E-state index contributed by atoms with van der Waals surface area (Å²) in [4.78, 5) is 8.27. The van der Waals surface area contributed by atoms with Gasteiger partial charge in [0.2, 0.25) is 0 Å². The second-order valence-electron chi connectivity index (χ2n) is 6.59.